The van der Waals surface area contributed by atoms with Gasteiger partial charge in [0.15, 0.2) is 0 Å². The van der Waals surface area contributed by atoms with Crippen molar-refractivity contribution in [3.8, 4) is 0 Å². The van der Waals surface area contributed by atoms with Crippen molar-refractivity contribution in [2.75, 3.05) is 11.9 Å². The highest BCUT2D eigenvalue weighted by molar-refractivity contribution is 5.99. The van der Waals surface area contributed by atoms with Gasteiger partial charge in [-0.25, -0.2) is 4.98 Å². The van der Waals surface area contributed by atoms with E-state index in [-0.39, 0.29) is 23.8 Å². The van der Waals surface area contributed by atoms with Crippen LogP contribution in [0.4, 0.5) is 5.69 Å². The number of likely N-dealkylation sites (tertiary alicyclic amines) is 1. The van der Waals surface area contributed by atoms with Gasteiger partial charge in [-0.15, -0.1) is 0 Å². The van der Waals surface area contributed by atoms with Crippen molar-refractivity contribution in [1.82, 2.24) is 14.5 Å². The van der Waals surface area contributed by atoms with Gasteiger partial charge in [0.2, 0.25) is 5.91 Å². The van der Waals surface area contributed by atoms with E-state index in [2.05, 4.69) is 14.9 Å². The minimum absolute atomic E-state index is 0.0669. The molecule has 0 unspecified atom stereocenters. The Hall–Kier alpha value is -2.63. The summed E-state index contributed by atoms with van der Waals surface area (Å²) in [5.74, 6) is 0.287. The predicted octanol–water partition coefficient (Wildman–Crippen LogP) is 3.63. The number of imidazole rings is 1. The van der Waals surface area contributed by atoms with Crippen LogP contribution in [0.15, 0.2) is 36.9 Å². The number of nitrogens with one attached hydrogen (secondary N) is 1. The van der Waals surface area contributed by atoms with Gasteiger partial charge < -0.3 is 14.8 Å². The zero-order valence-electron chi connectivity index (χ0n) is 16.4. The Balaban J connectivity index is 1.47. The first-order chi connectivity index (χ1) is 13.6. The second-order valence-corrected chi connectivity index (χ2v) is 8.03. The molecule has 2 heterocycles. The maximum atomic E-state index is 13.3. The number of carbonyl (C=O) groups is 2. The fraction of sp³-hybridized carbons (Fsp3) is 0.500. The summed E-state index contributed by atoms with van der Waals surface area (Å²) < 4.78 is 2.06. The molecule has 1 aromatic carbocycles. The van der Waals surface area contributed by atoms with E-state index in [4.69, 9.17) is 0 Å². The second-order valence-electron chi connectivity index (χ2n) is 8.03. The standard InChI is InChI=1S/C22H28N4O2/c1-16-5-6-18(14-20(16)24-21(27)17-7-8-17)22(28)26-11-3-2-4-19(26)9-12-25-13-10-23-15-25/h5-6,10,13-15,17,19H,2-4,7-9,11-12H2,1H3,(H,24,27)/t19-/m0/s1. The molecule has 0 bridgehead atoms. The first kappa shape index (κ1) is 18.7. The van der Waals surface area contributed by atoms with Gasteiger partial charge >= 0.3 is 0 Å². The molecular formula is C22H28N4O2. The summed E-state index contributed by atoms with van der Waals surface area (Å²) in [7, 11) is 0. The highest BCUT2D eigenvalue weighted by Gasteiger charge is 2.30. The number of benzene rings is 1. The number of hydrogen-bond acceptors (Lipinski definition) is 3. The van der Waals surface area contributed by atoms with Crippen LogP contribution in [0.5, 0.6) is 0 Å². The Morgan fingerprint density at radius 1 is 1.21 bits per heavy atom. The third-order valence-electron chi connectivity index (χ3n) is 5.86. The Kier molecular flexibility index (Phi) is 5.46. The predicted molar refractivity (Wildman–Crippen MR) is 108 cm³/mol. The molecule has 2 aliphatic rings. The number of aromatic nitrogens is 2. The molecule has 28 heavy (non-hydrogen) atoms. The zero-order chi connectivity index (χ0) is 19.5. The van der Waals surface area contributed by atoms with Crippen molar-refractivity contribution < 1.29 is 9.59 Å². The fourth-order valence-corrected chi connectivity index (χ4v) is 3.92. The lowest BCUT2D eigenvalue weighted by Gasteiger charge is -2.36. The van der Waals surface area contributed by atoms with E-state index in [1.807, 2.05) is 42.5 Å². The van der Waals surface area contributed by atoms with Crippen LogP contribution in [-0.4, -0.2) is 38.9 Å². The Morgan fingerprint density at radius 2 is 2.07 bits per heavy atom. The van der Waals surface area contributed by atoms with Crippen molar-refractivity contribution in [1.29, 1.82) is 0 Å². The van der Waals surface area contributed by atoms with Gasteiger partial charge in [0.25, 0.3) is 5.91 Å². The third-order valence-corrected chi connectivity index (χ3v) is 5.86. The summed E-state index contributed by atoms with van der Waals surface area (Å²) in [4.78, 5) is 31.5. The SMILES string of the molecule is Cc1ccc(C(=O)N2CCCC[C@H]2CCn2ccnc2)cc1NC(=O)C1CC1. The van der Waals surface area contributed by atoms with Crippen LogP contribution in [0.2, 0.25) is 0 Å². The number of anilines is 1. The lowest BCUT2D eigenvalue weighted by molar-refractivity contribution is -0.117. The molecule has 2 fully saturated rings. The molecule has 1 N–H and O–H groups in total. The Morgan fingerprint density at radius 3 is 2.82 bits per heavy atom. The van der Waals surface area contributed by atoms with Gasteiger partial charge in [0, 0.05) is 48.7 Å². The minimum Gasteiger partial charge on any atom is -0.337 e. The number of aryl methyl sites for hydroxylation is 2. The average Bonchev–Trinajstić information content (AvgIpc) is 3.44. The van der Waals surface area contributed by atoms with Gasteiger partial charge in [-0.1, -0.05) is 6.07 Å². The van der Waals surface area contributed by atoms with E-state index in [9.17, 15) is 9.59 Å². The molecule has 1 aliphatic heterocycles. The fourth-order valence-electron chi connectivity index (χ4n) is 3.92. The molecule has 1 saturated carbocycles. The molecule has 0 radical (unpaired) electrons. The van der Waals surface area contributed by atoms with E-state index in [0.717, 1.165) is 62.9 Å². The van der Waals surface area contributed by atoms with E-state index < -0.39 is 0 Å². The zero-order valence-corrected chi connectivity index (χ0v) is 16.4. The number of piperidine rings is 1. The molecule has 2 aromatic rings. The third kappa shape index (κ3) is 4.26. The van der Waals surface area contributed by atoms with Crippen LogP contribution in [0, 0.1) is 12.8 Å². The van der Waals surface area contributed by atoms with Gasteiger partial charge in [-0.2, -0.15) is 0 Å². The van der Waals surface area contributed by atoms with Crippen molar-refractivity contribution in [3.63, 3.8) is 0 Å². The lowest BCUT2D eigenvalue weighted by Crippen LogP contribution is -2.44. The van der Waals surface area contributed by atoms with Gasteiger partial charge in [-0.3, -0.25) is 9.59 Å². The van der Waals surface area contributed by atoms with Crippen molar-refractivity contribution in [2.45, 2.75) is 58.0 Å². The summed E-state index contributed by atoms with van der Waals surface area (Å²) in [6.45, 7) is 3.63. The van der Waals surface area contributed by atoms with Crippen molar-refractivity contribution in [3.05, 3.63) is 48.0 Å². The van der Waals surface area contributed by atoms with Crippen LogP contribution in [0.1, 0.15) is 54.4 Å². The van der Waals surface area contributed by atoms with E-state index in [1.165, 1.54) is 0 Å². The number of carbonyl (C=O) groups excluding carboxylic acids is 2. The molecule has 4 rings (SSSR count). The van der Waals surface area contributed by atoms with Crippen LogP contribution in [0.3, 0.4) is 0 Å². The van der Waals surface area contributed by atoms with Gasteiger partial charge in [0.1, 0.15) is 0 Å². The Bertz CT molecular complexity index is 842. The van der Waals surface area contributed by atoms with Crippen LogP contribution in [-0.2, 0) is 11.3 Å². The quantitative estimate of drug-likeness (QED) is 0.832. The number of amides is 2. The smallest absolute Gasteiger partial charge is 0.254 e. The highest BCUT2D eigenvalue weighted by Crippen LogP contribution is 2.31. The largest absolute Gasteiger partial charge is 0.337 e. The molecular weight excluding hydrogens is 352 g/mol. The van der Waals surface area contributed by atoms with E-state index in [0.29, 0.717) is 5.56 Å². The molecule has 1 aliphatic carbocycles. The number of nitrogens with zero attached hydrogens (tertiary/aromatic N) is 3. The molecule has 0 spiro atoms. The molecule has 148 valence electrons. The van der Waals surface area contributed by atoms with Gasteiger partial charge in [0.05, 0.1) is 6.33 Å². The van der Waals surface area contributed by atoms with Crippen LogP contribution in [0.25, 0.3) is 0 Å². The minimum atomic E-state index is 0.0669. The normalized spacial score (nSPS) is 19.5. The molecule has 1 aromatic heterocycles. The highest BCUT2D eigenvalue weighted by atomic mass is 16.2. The second kappa shape index (κ2) is 8.17. The maximum Gasteiger partial charge on any atom is 0.254 e. The monoisotopic (exact) mass is 380 g/mol. The van der Waals surface area contributed by atoms with E-state index in [1.54, 1.807) is 6.20 Å². The Labute approximate surface area is 165 Å². The molecule has 1 saturated heterocycles. The summed E-state index contributed by atoms with van der Waals surface area (Å²) >= 11 is 0. The summed E-state index contributed by atoms with van der Waals surface area (Å²) in [5.41, 5.74) is 2.40. The van der Waals surface area contributed by atoms with E-state index >= 15 is 0 Å². The number of hydrogen-bond donors (Lipinski definition) is 1. The first-order valence-electron chi connectivity index (χ1n) is 10.3. The topological polar surface area (TPSA) is 67.2 Å². The molecule has 2 amide bonds. The van der Waals surface area contributed by atoms with Crippen molar-refractivity contribution >= 4 is 17.5 Å². The van der Waals surface area contributed by atoms with Gasteiger partial charge in [-0.05, 0) is 63.1 Å². The summed E-state index contributed by atoms with van der Waals surface area (Å²) in [6, 6.07) is 5.90. The lowest BCUT2D eigenvalue weighted by atomic mass is 9.97. The summed E-state index contributed by atoms with van der Waals surface area (Å²) in [6.07, 6.45) is 11.7. The number of rotatable bonds is 6. The van der Waals surface area contributed by atoms with Crippen LogP contribution >= 0.6 is 0 Å². The maximum absolute atomic E-state index is 13.3. The first-order valence-corrected chi connectivity index (χ1v) is 10.3. The molecule has 6 heteroatoms. The summed E-state index contributed by atoms with van der Waals surface area (Å²) in [5, 5.41) is 3.01. The molecule has 1 atom stereocenters. The van der Waals surface area contributed by atoms with Crippen LogP contribution < -0.4 is 5.32 Å². The van der Waals surface area contributed by atoms with Crippen molar-refractivity contribution in [2.24, 2.45) is 5.92 Å². The molecule has 6 nitrogen and oxygen atoms in total. The average molecular weight is 380 g/mol.